The molecule has 2 N–H and O–H groups in total. The monoisotopic (exact) mass is 491 g/mol. The minimum atomic E-state index is -0.938. The van der Waals surface area contributed by atoms with Crippen molar-refractivity contribution in [2.45, 2.75) is 49.5 Å². The molecule has 0 aliphatic heterocycles. The molecular formula is C26H23F2N5O3. The summed E-state index contributed by atoms with van der Waals surface area (Å²) in [5.41, 5.74) is 2.62. The van der Waals surface area contributed by atoms with E-state index >= 15 is 0 Å². The Morgan fingerprint density at radius 2 is 1.83 bits per heavy atom. The van der Waals surface area contributed by atoms with Crippen molar-refractivity contribution >= 4 is 0 Å². The molecule has 0 amide bonds. The fourth-order valence-electron chi connectivity index (χ4n) is 5.52. The number of aliphatic hydroxyl groups is 2. The van der Waals surface area contributed by atoms with Crippen molar-refractivity contribution < 1.29 is 23.4 Å². The molecule has 1 atom stereocenters. The van der Waals surface area contributed by atoms with Crippen LogP contribution in [-0.4, -0.2) is 42.0 Å². The lowest BCUT2D eigenvalue weighted by Gasteiger charge is -2.46. The lowest BCUT2D eigenvalue weighted by atomic mass is 9.58. The zero-order valence-electron chi connectivity index (χ0n) is 19.2. The summed E-state index contributed by atoms with van der Waals surface area (Å²) < 4.78 is 34.4. The van der Waals surface area contributed by atoms with E-state index in [1.807, 2.05) is 0 Å². The molecule has 4 aromatic rings. The lowest BCUT2D eigenvalue weighted by Crippen LogP contribution is -2.41. The van der Waals surface area contributed by atoms with Gasteiger partial charge in [-0.25, -0.2) is 18.7 Å². The Morgan fingerprint density at radius 3 is 2.58 bits per heavy atom. The second kappa shape index (κ2) is 8.79. The number of halogens is 2. The number of oxazole rings is 1. The maximum Gasteiger partial charge on any atom is 0.247 e. The van der Waals surface area contributed by atoms with E-state index in [1.165, 1.54) is 24.5 Å². The van der Waals surface area contributed by atoms with E-state index < -0.39 is 23.2 Å². The van der Waals surface area contributed by atoms with E-state index in [0.717, 1.165) is 36.9 Å². The topological polar surface area (TPSA) is 118 Å². The maximum absolute atomic E-state index is 14.4. The highest BCUT2D eigenvalue weighted by Gasteiger charge is 2.49. The van der Waals surface area contributed by atoms with Gasteiger partial charge in [0.1, 0.15) is 35.4 Å². The minimum absolute atomic E-state index is 0.149. The first-order valence-corrected chi connectivity index (χ1v) is 11.9. The molecule has 0 unspecified atom stereocenters. The molecule has 3 aromatic heterocycles. The van der Waals surface area contributed by atoms with E-state index in [2.05, 4.69) is 20.2 Å². The van der Waals surface area contributed by atoms with Crippen LogP contribution in [0.2, 0.25) is 0 Å². The van der Waals surface area contributed by atoms with Gasteiger partial charge in [0.2, 0.25) is 5.89 Å². The van der Waals surface area contributed by atoms with Crippen molar-refractivity contribution in [1.82, 2.24) is 25.1 Å². The largest absolute Gasteiger partial charge is 0.443 e. The van der Waals surface area contributed by atoms with Gasteiger partial charge >= 0.3 is 0 Å². The van der Waals surface area contributed by atoms with Crippen LogP contribution < -0.4 is 0 Å². The lowest BCUT2D eigenvalue weighted by molar-refractivity contribution is 0.130. The van der Waals surface area contributed by atoms with Crippen molar-refractivity contribution in [1.29, 1.82) is 0 Å². The zero-order chi connectivity index (χ0) is 24.9. The molecule has 184 valence electrons. The Hall–Kier alpha value is -3.63. The van der Waals surface area contributed by atoms with Crippen LogP contribution in [0, 0.1) is 11.6 Å². The molecule has 10 heteroatoms. The van der Waals surface area contributed by atoms with Gasteiger partial charge in [0, 0.05) is 19.2 Å². The van der Waals surface area contributed by atoms with Gasteiger partial charge in [-0.05, 0) is 55.4 Å². The Kier molecular flexibility index (Phi) is 5.57. The Labute approximate surface area is 205 Å². The summed E-state index contributed by atoms with van der Waals surface area (Å²) in [7, 11) is 0. The number of rotatable bonds is 6. The third-order valence-electron chi connectivity index (χ3n) is 7.38. The molecule has 3 aliphatic carbocycles. The summed E-state index contributed by atoms with van der Waals surface area (Å²) in [5.74, 6) is -0.890. The number of hydrogen-bond donors (Lipinski definition) is 2. The molecule has 7 rings (SSSR count). The molecular weight excluding hydrogens is 468 g/mol. The molecule has 3 heterocycles. The van der Waals surface area contributed by atoms with Gasteiger partial charge in [-0.3, -0.25) is 4.98 Å². The number of aliphatic hydroxyl groups excluding tert-OH is 2. The summed E-state index contributed by atoms with van der Waals surface area (Å²) in [6.07, 6.45) is 7.18. The molecule has 8 nitrogen and oxygen atoms in total. The van der Waals surface area contributed by atoms with Gasteiger partial charge in [0.15, 0.2) is 0 Å². The van der Waals surface area contributed by atoms with Crippen LogP contribution in [0.25, 0.3) is 22.8 Å². The van der Waals surface area contributed by atoms with E-state index in [1.54, 1.807) is 18.5 Å². The number of benzene rings is 1. The summed E-state index contributed by atoms with van der Waals surface area (Å²) in [6, 6.07) is 5.52. The summed E-state index contributed by atoms with van der Waals surface area (Å²) in [6.45, 7) is -0.173. The van der Waals surface area contributed by atoms with Crippen LogP contribution in [0.3, 0.4) is 0 Å². The minimum Gasteiger partial charge on any atom is -0.443 e. The highest BCUT2D eigenvalue weighted by molar-refractivity contribution is 5.62. The van der Waals surface area contributed by atoms with Crippen LogP contribution in [0.15, 0.2) is 47.3 Å². The van der Waals surface area contributed by atoms with E-state index in [-0.39, 0.29) is 36.1 Å². The summed E-state index contributed by atoms with van der Waals surface area (Å²) in [5, 5.41) is 27.9. The zero-order valence-corrected chi connectivity index (χ0v) is 19.2. The first-order chi connectivity index (χ1) is 17.5. The van der Waals surface area contributed by atoms with Gasteiger partial charge in [-0.1, -0.05) is 6.07 Å². The SMILES string of the molecule is OCC[C@@H](O)c1coc(-c2cncc([C@]34CC[C@H](CC3)c3cc(-c5c(F)cccc5F)nnc34)n2)n1. The van der Waals surface area contributed by atoms with E-state index in [9.17, 15) is 13.9 Å². The van der Waals surface area contributed by atoms with Crippen molar-refractivity contribution in [3.63, 3.8) is 0 Å². The normalized spacial score (nSPS) is 21.4. The van der Waals surface area contributed by atoms with Crippen LogP contribution >= 0.6 is 0 Å². The third-order valence-corrected chi connectivity index (χ3v) is 7.38. The van der Waals surface area contributed by atoms with Gasteiger partial charge in [0.25, 0.3) is 0 Å². The molecule has 0 spiro atoms. The molecule has 3 aliphatic rings. The van der Waals surface area contributed by atoms with Crippen LogP contribution in [0.4, 0.5) is 8.78 Å². The molecule has 1 fully saturated rings. The Balaban J connectivity index is 1.40. The van der Waals surface area contributed by atoms with Crippen LogP contribution in [-0.2, 0) is 5.41 Å². The molecule has 1 aromatic carbocycles. The molecule has 36 heavy (non-hydrogen) atoms. The summed E-state index contributed by atoms with van der Waals surface area (Å²) >= 11 is 0. The average molecular weight is 491 g/mol. The predicted molar refractivity (Wildman–Crippen MR) is 124 cm³/mol. The van der Waals surface area contributed by atoms with Crippen molar-refractivity contribution in [2.24, 2.45) is 0 Å². The molecule has 0 radical (unpaired) electrons. The fraction of sp³-hybridized carbons (Fsp3) is 0.346. The third kappa shape index (κ3) is 3.59. The standard InChI is InChI=1S/C26H23F2N5O3/c27-16-2-1-3-17(28)23(16)18-10-15-14-4-7-26(8-5-14,24(15)33-32-18)22-12-29-11-19(30-22)25-31-20(13-36-25)21(35)6-9-34/h1-3,10-14,21,34-35H,4-9H2/t14-,21-,26+/m1/s1. The first kappa shape index (κ1) is 22.8. The Morgan fingerprint density at radius 1 is 1.06 bits per heavy atom. The van der Waals surface area contributed by atoms with Gasteiger partial charge in [-0.15, -0.1) is 5.10 Å². The second-order valence-electron chi connectivity index (χ2n) is 9.38. The van der Waals surface area contributed by atoms with Gasteiger partial charge < -0.3 is 14.6 Å². The Bertz CT molecular complexity index is 1410. The van der Waals surface area contributed by atoms with E-state index in [0.29, 0.717) is 17.1 Å². The van der Waals surface area contributed by atoms with Gasteiger partial charge in [0.05, 0.1) is 34.3 Å². The highest BCUT2D eigenvalue weighted by atomic mass is 19.1. The van der Waals surface area contributed by atoms with Crippen LogP contribution in [0.5, 0.6) is 0 Å². The summed E-state index contributed by atoms with van der Waals surface area (Å²) in [4.78, 5) is 13.5. The maximum atomic E-state index is 14.4. The average Bonchev–Trinajstić information content (AvgIpc) is 3.40. The number of hydrogen-bond acceptors (Lipinski definition) is 8. The number of nitrogens with zero attached hydrogens (tertiary/aromatic N) is 5. The smallest absolute Gasteiger partial charge is 0.247 e. The van der Waals surface area contributed by atoms with Crippen LogP contribution in [0.1, 0.15) is 66.8 Å². The van der Waals surface area contributed by atoms with E-state index in [4.69, 9.17) is 14.5 Å². The second-order valence-corrected chi connectivity index (χ2v) is 9.38. The van der Waals surface area contributed by atoms with Crippen molar-refractivity contribution in [2.75, 3.05) is 6.61 Å². The highest BCUT2D eigenvalue weighted by Crippen LogP contribution is 2.55. The predicted octanol–water partition coefficient (Wildman–Crippen LogP) is 4.24. The quantitative estimate of drug-likeness (QED) is 0.411. The molecule has 0 saturated heterocycles. The fourth-order valence-corrected chi connectivity index (χ4v) is 5.52. The molecule has 2 bridgehead atoms. The first-order valence-electron chi connectivity index (χ1n) is 11.9. The molecule has 1 saturated carbocycles. The van der Waals surface area contributed by atoms with Crippen molar-refractivity contribution in [3.05, 3.63) is 77.2 Å². The number of aromatic nitrogens is 5. The van der Waals surface area contributed by atoms with Crippen molar-refractivity contribution in [3.8, 4) is 22.8 Å². The van der Waals surface area contributed by atoms with Gasteiger partial charge in [-0.2, -0.15) is 5.10 Å². The number of fused-ring (bicyclic) bond motifs is 2.